The molecule has 1 rings (SSSR count). The Morgan fingerprint density at radius 3 is 2.82 bits per heavy atom. The number of benzene rings is 1. The first-order valence-electron chi connectivity index (χ1n) is 6.17. The molecule has 0 heterocycles. The number of hydrogen-bond donors (Lipinski definition) is 1. The van der Waals surface area contributed by atoms with Crippen LogP contribution in [-0.4, -0.2) is 11.0 Å². The van der Waals surface area contributed by atoms with Crippen LogP contribution in [0.4, 0.5) is 10.5 Å². The molecule has 94 valence electrons. The number of hydrogen-bond acceptors (Lipinski definition) is 2. The molecule has 17 heavy (non-hydrogen) atoms. The molecule has 1 aromatic carbocycles. The summed E-state index contributed by atoms with van der Waals surface area (Å²) in [5.41, 5.74) is 2.14. The molecule has 0 saturated carbocycles. The number of carbonyl (C=O) groups excluding carboxylic acids is 1. The van der Waals surface area contributed by atoms with E-state index in [4.69, 9.17) is 0 Å². The lowest BCUT2D eigenvalue weighted by Crippen LogP contribution is -2.06. The third kappa shape index (κ3) is 5.26. The first kappa shape index (κ1) is 14.1. The van der Waals surface area contributed by atoms with Crippen molar-refractivity contribution in [2.24, 2.45) is 0 Å². The molecule has 1 amide bonds. The van der Waals surface area contributed by atoms with Crippen molar-refractivity contribution in [3.8, 4) is 0 Å². The van der Waals surface area contributed by atoms with E-state index in [0.717, 1.165) is 24.3 Å². The smallest absolute Gasteiger partial charge is 0.283 e. The number of amides is 1. The van der Waals surface area contributed by atoms with Crippen LogP contribution in [0.2, 0.25) is 0 Å². The quantitative estimate of drug-likeness (QED) is 0.756. The predicted molar refractivity (Wildman–Crippen MR) is 76.9 cm³/mol. The van der Waals surface area contributed by atoms with E-state index < -0.39 is 0 Å². The highest BCUT2D eigenvalue weighted by Gasteiger charge is 2.04. The maximum absolute atomic E-state index is 11.6. The summed E-state index contributed by atoms with van der Waals surface area (Å²) in [7, 11) is 0. The molecule has 3 heteroatoms. The van der Waals surface area contributed by atoms with Crippen molar-refractivity contribution in [2.45, 2.75) is 39.5 Å². The summed E-state index contributed by atoms with van der Waals surface area (Å²) in [5, 5.41) is 2.96. The molecule has 1 aromatic rings. The summed E-state index contributed by atoms with van der Waals surface area (Å²) in [6.07, 6.45) is 2.22. The summed E-state index contributed by atoms with van der Waals surface area (Å²) < 4.78 is 0. The Balaban J connectivity index is 2.50. The Bertz CT molecular complexity index is 363. The third-order valence-corrected chi connectivity index (χ3v) is 3.39. The first-order chi connectivity index (χ1) is 8.13. The summed E-state index contributed by atoms with van der Waals surface area (Å²) in [5.74, 6) is 1.38. The lowest BCUT2D eigenvalue weighted by atomic mass is 10.0. The fraction of sp³-hybridized carbons (Fsp3) is 0.500. The van der Waals surface area contributed by atoms with E-state index in [0.29, 0.717) is 5.92 Å². The second-order valence-electron chi connectivity index (χ2n) is 4.39. The van der Waals surface area contributed by atoms with Gasteiger partial charge in [0.15, 0.2) is 0 Å². The maximum atomic E-state index is 11.6. The van der Waals surface area contributed by atoms with Crippen molar-refractivity contribution >= 4 is 22.7 Å². The zero-order valence-corrected chi connectivity index (χ0v) is 11.6. The van der Waals surface area contributed by atoms with Crippen molar-refractivity contribution in [1.29, 1.82) is 0 Å². The number of thioether (sulfide) groups is 1. The van der Waals surface area contributed by atoms with Crippen molar-refractivity contribution in [3.05, 3.63) is 29.8 Å². The van der Waals surface area contributed by atoms with Crippen LogP contribution < -0.4 is 5.32 Å². The van der Waals surface area contributed by atoms with Gasteiger partial charge in [-0.05, 0) is 30.0 Å². The van der Waals surface area contributed by atoms with Gasteiger partial charge in [0.2, 0.25) is 0 Å². The Labute approximate surface area is 108 Å². The van der Waals surface area contributed by atoms with E-state index >= 15 is 0 Å². The summed E-state index contributed by atoms with van der Waals surface area (Å²) in [6, 6.07) is 8.05. The molecular weight excluding hydrogens is 230 g/mol. The van der Waals surface area contributed by atoms with Gasteiger partial charge in [0, 0.05) is 11.4 Å². The van der Waals surface area contributed by atoms with E-state index in [1.54, 1.807) is 0 Å². The van der Waals surface area contributed by atoms with Gasteiger partial charge in [-0.15, -0.1) is 0 Å². The number of anilines is 1. The maximum Gasteiger partial charge on any atom is 0.283 e. The molecule has 0 bridgehead atoms. The molecule has 0 unspecified atom stereocenters. The lowest BCUT2D eigenvalue weighted by molar-refractivity contribution is 0.270. The molecule has 0 aliphatic rings. The van der Waals surface area contributed by atoms with E-state index in [1.807, 2.05) is 18.2 Å². The van der Waals surface area contributed by atoms with Crippen LogP contribution in [-0.2, 0) is 0 Å². The van der Waals surface area contributed by atoms with Crippen LogP contribution in [0.15, 0.2) is 24.3 Å². The molecule has 0 aliphatic carbocycles. The summed E-state index contributed by atoms with van der Waals surface area (Å²) >= 11 is 1.36. The van der Waals surface area contributed by atoms with Gasteiger partial charge in [0.1, 0.15) is 0 Å². The molecule has 0 saturated heterocycles. The SMILES string of the molecule is CCCCSC(=O)Nc1cccc(C(C)C)c1. The highest BCUT2D eigenvalue weighted by molar-refractivity contribution is 8.13. The minimum atomic E-state index is 0.0411. The van der Waals surface area contributed by atoms with Gasteiger partial charge in [-0.25, -0.2) is 0 Å². The van der Waals surface area contributed by atoms with Crippen LogP contribution in [0.25, 0.3) is 0 Å². The molecule has 1 N–H and O–H groups in total. The molecule has 0 radical (unpaired) electrons. The van der Waals surface area contributed by atoms with Crippen molar-refractivity contribution < 1.29 is 4.79 Å². The minimum absolute atomic E-state index is 0.0411. The van der Waals surface area contributed by atoms with Gasteiger partial charge in [-0.3, -0.25) is 4.79 Å². The fourth-order valence-electron chi connectivity index (χ4n) is 1.44. The molecule has 0 atom stereocenters. The van der Waals surface area contributed by atoms with Crippen molar-refractivity contribution in [1.82, 2.24) is 0 Å². The average molecular weight is 251 g/mol. The monoisotopic (exact) mass is 251 g/mol. The van der Waals surface area contributed by atoms with Crippen LogP contribution >= 0.6 is 11.8 Å². The van der Waals surface area contributed by atoms with E-state index in [9.17, 15) is 4.79 Å². The second-order valence-corrected chi connectivity index (χ2v) is 5.46. The Hall–Kier alpha value is -0.960. The van der Waals surface area contributed by atoms with Crippen LogP contribution in [0, 0.1) is 0 Å². The molecule has 0 fully saturated rings. The van der Waals surface area contributed by atoms with Crippen molar-refractivity contribution in [2.75, 3.05) is 11.1 Å². The van der Waals surface area contributed by atoms with E-state index in [-0.39, 0.29) is 5.24 Å². The molecule has 0 spiro atoms. The van der Waals surface area contributed by atoms with Gasteiger partial charge in [0.05, 0.1) is 0 Å². The largest absolute Gasteiger partial charge is 0.317 e. The molecule has 2 nitrogen and oxygen atoms in total. The summed E-state index contributed by atoms with van der Waals surface area (Å²) in [4.78, 5) is 11.6. The second kappa shape index (κ2) is 7.38. The Morgan fingerprint density at radius 2 is 2.18 bits per heavy atom. The fourth-order valence-corrected chi connectivity index (χ4v) is 2.25. The number of unbranched alkanes of at least 4 members (excludes halogenated alkanes) is 1. The predicted octanol–water partition coefficient (Wildman–Crippen LogP) is 4.88. The number of rotatable bonds is 5. The van der Waals surface area contributed by atoms with E-state index in [1.165, 1.54) is 17.3 Å². The first-order valence-corrected chi connectivity index (χ1v) is 7.15. The normalized spacial score (nSPS) is 10.6. The minimum Gasteiger partial charge on any atom is -0.317 e. The summed E-state index contributed by atoms with van der Waals surface area (Å²) in [6.45, 7) is 6.43. The van der Waals surface area contributed by atoms with Gasteiger partial charge in [0.25, 0.3) is 5.24 Å². The van der Waals surface area contributed by atoms with Crippen LogP contribution in [0.5, 0.6) is 0 Å². The highest BCUT2D eigenvalue weighted by Crippen LogP contribution is 2.19. The van der Waals surface area contributed by atoms with E-state index in [2.05, 4.69) is 32.2 Å². The molecule has 0 aromatic heterocycles. The standard InChI is InChI=1S/C14H21NOS/c1-4-5-9-17-14(16)15-13-8-6-7-12(10-13)11(2)3/h6-8,10-11H,4-5,9H2,1-3H3,(H,15,16). The lowest BCUT2D eigenvalue weighted by Gasteiger charge is -2.09. The molecule has 0 aliphatic heterocycles. The van der Waals surface area contributed by atoms with Crippen LogP contribution in [0.3, 0.4) is 0 Å². The molecular formula is C14H21NOS. The van der Waals surface area contributed by atoms with Crippen LogP contribution in [0.1, 0.15) is 45.1 Å². The van der Waals surface area contributed by atoms with Gasteiger partial charge in [-0.2, -0.15) is 0 Å². The number of carbonyl (C=O) groups is 1. The van der Waals surface area contributed by atoms with Crippen molar-refractivity contribution in [3.63, 3.8) is 0 Å². The zero-order chi connectivity index (χ0) is 12.7. The Kier molecular flexibility index (Phi) is 6.12. The van der Waals surface area contributed by atoms with Gasteiger partial charge < -0.3 is 5.32 Å². The van der Waals surface area contributed by atoms with Gasteiger partial charge in [-0.1, -0.05) is 51.1 Å². The number of nitrogens with one attached hydrogen (secondary N) is 1. The highest BCUT2D eigenvalue weighted by atomic mass is 32.2. The third-order valence-electron chi connectivity index (χ3n) is 2.53. The van der Waals surface area contributed by atoms with Gasteiger partial charge >= 0.3 is 0 Å². The zero-order valence-electron chi connectivity index (χ0n) is 10.8. The Morgan fingerprint density at radius 1 is 1.41 bits per heavy atom. The topological polar surface area (TPSA) is 29.1 Å². The average Bonchev–Trinajstić information content (AvgIpc) is 2.29.